The van der Waals surface area contributed by atoms with Gasteiger partial charge in [0.25, 0.3) is 0 Å². The third-order valence-electron chi connectivity index (χ3n) is 2.94. The molecule has 0 amide bonds. The maximum Gasteiger partial charge on any atom is 0.338 e. The summed E-state index contributed by atoms with van der Waals surface area (Å²) in [4.78, 5) is 14.1. The Morgan fingerprint density at radius 1 is 1.32 bits per heavy atom. The highest BCUT2D eigenvalue weighted by Gasteiger charge is 2.17. The molecule has 1 aromatic carbocycles. The number of hydrogen-bond acceptors (Lipinski definition) is 4. The first-order chi connectivity index (χ1) is 8.75. The van der Waals surface area contributed by atoms with E-state index in [9.17, 15) is 4.79 Å². The van der Waals surface area contributed by atoms with Gasteiger partial charge in [-0.05, 0) is 19.1 Å². The highest BCUT2D eigenvalue weighted by Crippen LogP contribution is 2.06. The number of rotatable bonds is 4. The van der Waals surface area contributed by atoms with Crippen molar-refractivity contribution in [3.63, 3.8) is 0 Å². The maximum absolute atomic E-state index is 11.8. The average Bonchev–Trinajstić information content (AvgIpc) is 2.40. The minimum Gasteiger partial charge on any atom is -1.00 e. The van der Waals surface area contributed by atoms with Crippen LogP contribution in [-0.4, -0.2) is 49.8 Å². The molecule has 1 aromatic rings. The minimum absolute atomic E-state index is 0. The highest BCUT2D eigenvalue weighted by molar-refractivity contribution is 5.89. The maximum atomic E-state index is 11.8. The predicted molar refractivity (Wildman–Crippen MR) is 68.6 cm³/mol. The molecule has 1 atom stereocenters. The monoisotopic (exact) mass is 284 g/mol. The molecule has 5 heteroatoms. The van der Waals surface area contributed by atoms with Crippen LogP contribution in [0.4, 0.5) is 0 Å². The first kappa shape index (κ1) is 16.0. The molecule has 0 aromatic heterocycles. The van der Waals surface area contributed by atoms with Gasteiger partial charge >= 0.3 is 5.97 Å². The molecule has 1 fully saturated rings. The molecule has 1 unspecified atom stereocenters. The minimum atomic E-state index is -0.253. The number of nitrogens with zero attached hydrogens (tertiary/aromatic N) is 1. The van der Waals surface area contributed by atoms with Gasteiger partial charge in [0.2, 0.25) is 0 Å². The third kappa shape index (κ3) is 5.19. The van der Waals surface area contributed by atoms with Crippen molar-refractivity contribution in [2.24, 2.45) is 0 Å². The summed E-state index contributed by atoms with van der Waals surface area (Å²) in [5, 5.41) is 0. The Balaban J connectivity index is 0.00000180. The van der Waals surface area contributed by atoms with E-state index in [2.05, 4.69) is 4.90 Å². The van der Waals surface area contributed by atoms with E-state index < -0.39 is 0 Å². The lowest BCUT2D eigenvalue weighted by Gasteiger charge is -2.28. The van der Waals surface area contributed by atoms with Crippen molar-refractivity contribution in [3.8, 4) is 0 Å². The fourth-order valence-electron chi connectivity index (χ4n) is 2.01. The van der Waals surface area contributed by atoms with Gasteiger partial charge in [-0.15, -0.1) is 0 Å². The van der Waals surface area contributed by atoms with E-state index in [0.717, 1.165) is 32.8 Å². The van der Waals surface area contributed by atoms with Crippen molar-refractivity contribution in [1.82, 2.24) is 4.90 Å². The summed E-state index contributed by atoms with van der Waals surface area (Å²) < 4.78 is 10.7. The number of carbonyl (C=O) groups is 1. The van der Waals surface area contributed by atoms with E-state index in [0.29, 0.717) is 5.56 Å². The number of hydrogen-bond donors (Lipinski definition) is 0. The summed E-state index contributed by atoms with van der Waals surface area (Å²) >= 11 is 0. The molecule has 0 N–H and O–H groups in total. The number of esters is 1. The summed E-state index contributed by atoms with van der Waals surface area (Å²) in [6.45, 7) is 6.04. The van der Waals surface area contributed by atoms with Crippen LogP contribution in [0.25, 0.3) is 0 Å². The molecule has 106 valence electrons. The zero-order chi connectivity index (χ0) is 12.8. The lowest BCUT2D eigenvalue weighted by atomic mass is 10.2. The second kappa shape index (κ2) is 8.15. The van der Waals surface area contributed by atoms with Crippen LogP contribution in [0, 0.1) is 0 Å². The molecule has 0 aliphatic carbocycles. The number of halogens is 1. The van der Waals surface area contributed by atoms with Gasteiger partial charge < -0.3 is 21.9 Å². The van der Waals surface area contributed by atoms with Crippen molar-refractivity contribution >= 4 is 5.97 Å². The zero-order valence-electron chi connectivity index (χ0n) is 11.0. The van der Waals surface area contributed by atoms with Gasteiger partial charge in [0, 0.05) is 19.6 Å². The fraction of sp³-hybridized carbons (Fsp3) is 0.500. The van der Waals surface area contributed by atoms with Crippen LogP contribution < -0.4 is 12.4 Å². The SMILES string of the molecule is CC(CN1CCOCC1)OC(=O)c1ccccc1.[Cl-]. The molecule has 4 nitrogen and oxygen atoms in total. The van der Waals surface area contributed by atoms with E-state index >= 15 is 0 Å². The van der Waals surface area contributed by atoms with E-state index in [1.54, 1.807) is 12.1 Å². The molecule has 1 saturated heterocycles. The van der Waals surface area contributed by atoms with Crippen LogP contribution in [0.3, 0.4) is 0 Å². The number of carbonyl (C=O) groups excluding carboxylic acids is 1. The average molecular weight is 285 g/mol. The molecule has 1 aliphatic heterocycles. The van der Waals surface area contributed by atoms with E-state index in [4.69, 9.17) is 9.47 Å². The van der Waals surface area contributed by atoms with Crippen LogP contribution in [0.2, 0.25) is 0 Å². The molecule has 1 heterocycles. The van der Waals surface area contributed by atoms with E-state index in [1.165, 1.54) is 0 Å². The lowest BCUT2D eigenvalue weighted by molar-refractivity contribution is -0.000646. The van der Waals surface area contributed by atoms with Gasteiger partial charge in [-0.25, -0.2) is 4.79 Å². The van der Waals surface area contributed by atoms with E-state index in [-0.39, 0.29) is 24.5 Å². The first-order valence-corrected chi connectivity index (χ1v) is 6.32. The van der Waals surface area contributed by atoms with Crippen LogP contribution in [-0.2, 0) is 9.47 Å². The fourth-order valence-corrected chi connectivity index (χ4v) is 2.01. The second-order valence-corrected chi connectivity index (χ2v) is 4.49. The normalized spacial score (nSPS) is 17.3. The summed E-state index contributed by atoms with van der Waals surface area (Å²) in [7, 11) is 0. The number of morpholine rings is 1. The lowest BCUT2D eigenvalue weighted by Crippen LogP contribution is -3.00. The van der Waals surface area contributed by atoms with Gasteiger partial charge in [-0.1, -0.05) is 18.2 Å². The molecular formula is C14H19ClNO3-. The summed E-state index contributed by atoms with van der Waals surface area (Å²) in [5.41, 5.74) is 0.603. The molecule has 0 radical (unpaired) electrons. The highest BCUT2D eigenvalue weighted by atomic mass is 35.5. The van der Waals surface area contributed by atoms with Gasteiger partial charge in [0.15, 0.2) is 0 Å². The molecule has 19 heavy (non-hydrogen) atoms. The van der Waals surface area contributed by atoms with Crippen molar-refractivity contribution in [1.29, 1.82) is 0 Å². The molecule has 0 spiro atoms. The first-order valence-electron chi connectivity index (χ1n) is 6.32. The largest absolute Gasteiger partial charge is 1.00 e. The Hall–Kier alpha value is -1.10. The molecule has 0 bridgehead atoms. The van der Waals surface area contributed by atoms with Crippen molar-refractivity contribution in [2.45, 2.75) is 13.0 Å². The van der Waals surface area contributed by atoms with Crippen molar-refractivity contribution in [2.75, 3.05) is 32.8 Å². The summed E-state index contributed by atoms with van der Waals surface area (Å²) in [6.07, 6.45) is -0.101. The van der Waals surface area contributed by atoms with Crippen LogP contribution in [0.5, 0.6) is 0 Å². The number of ether oxygens (including phenoxy) is 2. The van der Waals surface area contributed by atoms with Crippen LogP contribution in [0.1, 0.15) is 17.3 Å². The second-order valence-electron chi connectivity index (χ2n) is 4.49. The van der Waals surface area contributed by atoms with Crippen LogP contribution in [0.15, 0.2) is 30.3 Å². The topological polar surface area (TPSA) is 38.8 Å². The Labute approximate surface area is 120 Å². The third-order valence-corrected chi connectivity index (χ3v) is 2.94. The van der Waals surface area contributed by atoms with Gasteiger partial charge in [0.1, 0.15) is 6.10 Å². The van der Waals surface area contributed by atoms with Gasteiger partial charge in [0.05, 0.1) is 18.8 Å². The van der Waals surface area contributed by atoms with Gasteiger partial charge in [-0.2, -0.15) is 0 Å². The Kier molecular flexibility index (Phi) is 6.84. The van der Waals surface area contributed by atoms with Crippen molar-refractivity contribution in [3.05, 3.63) is 35.9 Å². The smallest absolute Gasteiger partial charge is 0.338 e. The Morgan fingerprint density at radius 2 is 1.95 bits per heavy atom. The quantitative estimate of drug-likeness (QED) is 0.636. The Bertz CT molecular complexity index is 380. The standard InChI is InChI=1S/C14H19NO3.ClH/c1-12(11-15-7-9-17-10-8-15)18-14(16)13-5-3-2-4-6-13;/h2-6,12H,7-11H2,1H3;1H/p-1. The zero-order valence-corrected chi connectivity index (χ0v) is 11.8. The van der Waals surface area contributed by atoms with Crippen LogP contribution >= 0.6 is 0 Å². The Morgan fingerprint density at radius 3 is 2.58 bits per heavy atom. The van der Waals surface area contributed by atoms with Gasteiger partial charge in [-0.3, -0.25) is 4.90 Å². The van der Waals surface area contributed by atoms with E-state index in [1.807, 2.05) is 25.1 Å². The molecular weight excluding hydrogens is 266 g/mol. The summed E-state index contributed by atoms with van der Waals surface area (Å²) in [5.74, 6) is -0.253. The number of benzene rings is 1. The summed E-state index contributed by atoms with van der Waals surface area (Å²) in [6, 6.07) is 9.09. The molecule has 0 saturated carbocycles. The molecule has 1 aliphatic rings. The predicted octanol–water partition coefficient (Wildman–Crippen LogP) is -1.43. The molecule has 2 rings (SSSR count). The van der Waals surface area contributed by atoms with Crippen molar-refractivity contribution < 1.29 is 26.7 Å².